The third kappa shape index (κ3) is 3.48. The fraction of sp³-hybridized carbons (Fsp3) is 0.167. The van der Waals surface area contributed by atoms with Gasteiger partial charge in [0, 0.05) is 18.0 Å². The molecular formula is C18H17ClN4. The van der Waals surface area contributed by atoms with Crippen LogP contribution in [0, 0.1) is 6.92 Å². The van der Waals surface area contributed by atoms with Crippen LogP contribution in [0.5, 0.6) is 0 Å². The molecule has 0 saturated carbocycles. The molecule has 0 radical (unpaired) electrons. The lowest BCUT2D eigenvalue weighted by atomic mass is 10.1. The van der Waals surface area contributed by atoms with Crippen LogP contribution in [0.4, 0.5) is 11.5 Å². The molecule has 23 heavy (non-hydrogen) atoms. The second-order valence-corrected chi connectivity index (χ2v) is 5.59. The van der Waals surface area contributed by atoms with E-state index in [0.29, 0.717) is 22.5 Å². The van der Waals surface area contributed by atoms with E-state index < -0.39 is 0 Å². The molecule has 1 N–H and O–H groups in total. The Morgan fingerprint density at radius 2 is 1.96 bits per heavy atom. The highest BCUT2D eigenvalue weighted by Crippen LogP contribution is 2.26. The van der Waals surface area contributed by atoms with Gasteiger partial charge in [0.1, 0.15) is 16.7 Å². The SMILES string of the molecule is CCc1cccc(C)c1Nc1cc(Cl)nc(-c2ccccn2)n1. The third-order valence-corrected chi connectivity index (χ3v) is 3.78. The van der Waals surface area contributed by atoms with Gasteiger partial charge in [0.25, 0.3) is 0 Å². The molecule has 0 unspecified atom stereocenters. The number of anilines is 2. The summed E-state index contributed by atoms with van der Waals surface area (Å²) in [5.74, 6) is 1.17. The van der Waals surface area contributed by atoms with Crippen molar-refractivity contribution >= 4 is 23.1 Å². The summed E-state index contributed by atoms with van der Waals surface area (Å²) >= 11 is 6.16. The first-order valence-corrected chi connectivity index (χ1v) is 7.86. The number of nitrogens with zero attached hydrogens (tertiary/aromatic N) is 3. The molecule has 1 aromatic carbocycles. The predicted octanol–water partition coefficient (Wildman–Crippen LogP) is 4.81. The van der Waals surface area contributed by atoms with E-state index in [1.54, 1.807) is 12.3 Å². The second-order valence-electron chi connectivity index (χ2n) is 5.20. The fourth-order valence-electron chi connectivity index (χ4n) is 2.42. The summed E-state index contributed by atoms with van der Waals surface area (Å²) in [4.78, 5) is 13.1. The van der Waals surface area contributed by atoms with Crippen molar-refractivity contribution in [1.29, 1.82) is 0 Å². The summed E-state index contributed by atoms with van der Waals surface area (Å²) in [7, 11) is 0. The molecule has 2 heterocycles. The minimum atomic E-state index is 0.384. The standard InChI is InChI=1S/C18H17ClN4/c1-3-13-8-6-7-12(2)17(13)22-16-11-15(19)21-18(23-16)14-9-4-5-10-20-14/h4-11H,3H2,1-2H3,(H,21,22,23). The number of pyridine rings is 1. The molecule has 0 saturated heterocycles. The maximum Gasteiger partial charge on any atom is 0.181 e. The molecule has 0 aliphatic carbocycles. The Balaban J connectivity index is 2.00. The van der Waals surface area contributed by atoms with E-state index in [0.717, 1.165) is 12.1 Å². The van der Waals surface area contributed by atoms with Crippen LogP contribution in [-0.2, 0) is 6.42 Å². The van der Waals surface area contributed by atoms with Crippen LogP contribution in [0.3, 0.4) is 0 Å². The third-order valence-electron chi connectivity index (χ3n) is 3.58. The highest BCUT2D eigenvalue weighted by Gasteiger charge is 2.10. The minimum Gasteiger partial charge on any atom is -0.340 e. The topological polar surface area (TPSA) is 50.7 Å². The van der Waals surface area contributed by atoms with Gasteiger partial charge in [-0.05, 0) is 36.6 Å². The first kappa shape index (κ1) is 15.4. The van der Waals surface area contributed by atoms with Crippen molar-refractivity contribution in [3.05, 3.63) is 64.9 Å². The van der Waals surface area contributed by atoms with Gasteiger partial charge in [-0.25, -0.2) is 9.97 Å². The molecule has 0 aliphatic heterocycles. The van der Waals surface area contributed by atoms with Crippen LogP contribution in [0.2, 0.25) is 5.15 Å². The van der Waals surface area contributed by atoms with Crippen molar-refractivity contribution < 1.29 is 0 Å². The van der Waals surface area contributed by atoms with Gasteiger partial charge in [0.2, 0.25) is 0 Å². The van der Waals surface area contributed by atoms with Crippen LogP contribution in [0.25, 0.3) is 11.5 Å². The molecule has 3 rings (SSSR count). The molecular weight excluding hydrogens is 308 g/mol. The Morgan fingerprint density at radius 1 is 1.09 bits per heavy atom. The quantitative estimate of drug-likeness (QED) is 0.700. The van der Waals surface area contributed by atoms with E-state index in [1.165, 1.54) is 11.1 Å². The summed E-state index contributed by atoms with van der Waals surface area (Å²) in [6.45, 7) is 4.20. The van der Waals surface area contributed by atoms with Crippen molar-refractivity contribution in [1.82, 2.24) is 15.0 Å². The highest BCUT2D eigenvalue weighted by atomic mass is 35.5. The number of para-hydroxylation sites is 1. The number of rotatable bonds is 4. The van der Waals surface area contributed by atoms with E-state index in [2.05, 4.69) is 52.3 Å². The maximum atomic E-state index is 6.16. The van der Waals surface area contributed by atoms with Crippen LogP contribution < -0.4 is 5.32 Å². The Morgan fingerprint density at radius 3 is 2.70 bits per heavy atom. The van der Waals surface area contributed by atoms with Crippen LogP contribution >= 0.6 is 11.6 Å². The van der Waals surface area contributed by atoms with Gasteiger partial charge in [-0.3, -0.25) is 4.98 Å². The number of hydrogen-bond donors (Lipinski definition) is 1. The monoisotopic (exact) mass is 324 g/mol. The van der Waals surface area contributed by atoms with Crippen molar-refractivity contribution in [2.45, 2.75) is 20.3 Å². The fourth-order valence-corrected chi connectivity index (χ4v) is 2.60. The summed E-state index contributed by atoms with van der Waals surface area (Å²) < 4.78 is 0. The van der Waals surface area contributed by atoms with Crippen molar-refractivity contribution in [3.63, 3.8) is 0 Å². The van der Waals surface area contributed by atoms with Gasteiger partial charge in [-0.1, -0.05) is 42.8 Å². The number of hydrogen-bond acceptors (Lipinski definition) is 4. The van der Waals surface area contributed by atoms with Gasteiger partial charge in [0.05, 0.1) is 0 Å². The predicted molar refractivity (Wildman–Crippen MR) is 94.1 cm³/mol. The molecule has 4 nitrogen and oxygen atoms in total. The average molecular weight is 325 g/mol. The first-order chi connectivity index (χ1) is 11.2. The molecule has 116 valence electrons. The molecule has 0 bridgehead atoms. The Hall–Kier alpha value is -2.46. The van der Waals surface area contributed by atoms with Gasteiger partial charge in [-0.15, -0.1) is 0 Å². The van der Waals surface area contributed by atoms with Crippen LogP contribution in [0.1, 0.15) is 18.1 Å². The zero-order valence-corrected chi connectivity index (χ0v) is 13.8. The van der Waals surface area contributed by atoms with Gasteiger partial charge >= 0.3 is 0 Å². The van der Waals surface area contributed by atoms with E-state index >= 15 is 0 Å². The molecule has 2 aromatic heterocycles. The molecule has 0 spiro atoms. The number of aryl methyl sites for hydroxylation is 2. The molecule has 3 aromatic rings. The number of nitrogens with one attached hydrogen (secondary N) is 1. The molecule has 0 fully saturated rings. The number of halogens is 1. The summed E-state index contributed by atoms with van der Waals surface area (Å²) in [5.41, 5.74) is 4.16. The minimum absolute atomic E-state index is 0.384. The average Bonchev–Trinajstić information content (AvgIpc) is 2.57. The molecule has 0 atom stereocenters. The van der Waals surface area contributed by atoms with Crippen LogP contribution in [-0.4, -0.2) is 15.0 Å². The van der Waals surface area contributed by atoms with E-state index in [9.17, 15) is 0 Å². The number of benzene rings is 1. The van der Waals surface area contributed by atoms with Crippen molar-refractivity contribution in [2.75, 3.05) is 5.32 Å². The highest BCUT2D eigenvalue weighted by molar-refractivity contribution is 6.29. The maximum absolute atomic E-state index is 6.16. The second kappa shape index (κ2) is 6.75. The normalized spacial score (nSPS) is 10.6. The molecule has 5 heteroatoms. The van der Waals surface area contributed by atoms with E-state index in [-0.39, 0.29) is 0 Å². The van der Waals surface area contributed by atoms with E-state index in [4.69, 9.17) is 11.6 Å². The Kier molecular flexibility index (Phi) is 4.53. The largest absolute Gasteiger partial charge is 0.340 e. The summed E-state index contributed by atoms with van der Waals surface area (Å²) in [6, 6.07) is 13.6. The zero-order valence-electron chi connectivity index (χ0n) is 13.0. The summed E-state index contributed by atoms with van der Waals surface area (Å²) in [6.07, 6.45) is 2.65. The lowest BCUT2D eigenvalue weighted by Crippen LogP contribution is -2.02. The Bertz CT molecular complexity index is 819. The lowest BCUT2D eigenvalue weighted by molar-refractivity contribution is 1.11. The molecule has 0 amide bonds. The first-order valence-electron chi connectivity index (χ1n) is 7.49. The zero-order chi connectivity index (χ0) is 16.2. The Labute approximate surface area is 140 Å². The van der Waals surface area contributed by atoms with E-state index in [1.807, 2.05) is 18.2 Å². The van der Waals surface area contributed by atoms with Crippen molar-refractivity contribution in [2.24, 2.45) is 0 Å². The van der Waals surface area contributed by atoms with Gasteiger partial charge < -0.3 is 5.32 Å². The summed E-state index contributed by atoms with van der Waals surface area (Å²) in [5, 5.41) is 3.76. The molecule has 0 aliphatic rings. The lowest BCUT2D eigenvalue weighted by Gasteiger charge is -2.14. The number of aromatic nitrogens is 3. The van der Waals surface area contributed by atoms with Gasteiger partial charge in [0.15, 0.2) is 5.82 Å². The van der Waals surface area contributed by atoms with Gasteiger partial charge in [-0.2, -0.15) is 0 Å². The smallest absolute Gasteiger partial charge is 0.181 e. The van der Waals surface area contributed by atoms with Crippen molar-refractivity contribution in [3.8, 4) is 11.5 Å². The van der Waals surface area contributed by atoms with Crippen LogP contribution in [0.15, 0.2) is 48.7 Å².